The van der Waals surface area contributed by atoms with Gasteiger partial charge >= 0.3 is 6.18 Å². The van der Waals surface area contributed by atoms with Crippen LogP contribution in [0.4, 0.5) is 24.9 Å². The van der Waals surface area contributed by atoms with Gasteiger partial charge in [0.05, 0.1) is 6.10 Å². The number of nitrogens with zero attached hydrogens (tertiary/aromatic N) is 2. The summed E-state index contributed by atoms with van der Waals surface area (Å²) in [6.45, 7) is 6.53. The van der Waals surface area contributed by atoms with Gasteiger partial charge in [-0.15, -0.1) is 0 Å². The number of nitrogens with one attached hydrogen (secondary N) is 1. The number of hydrogen-bond donors (Lipinski definition) is 2. The first-order valence-corrected chi connectivity index (χ1v) is 6.74. The molecule has 1 aromatic heterocycles. The number of aromatic nitrogens is 2. The molecule has 0 radical (unpaired) electrons. The van der Waals surface area contributed by atoms with Crippen molar-refractivity contribution in [3.05, 3.63) is 11.8 Å². The van der Waals surface area contributed by atoms with Gasteiger partial charge in [0.15, 0.2) is 5.69 Å². The van der Waals surface area contributed by atoms with Gasteiger partial charge in [-0.3, -0.25) is 0 Å². The average Bonchev–Trinajstić information content (AvgIpc) is 2.36. The van der Waals surface area contributed by atoms with E-state index in [2.05, 4.69) is 15.3 Å². The highest BCUT2D eigenvalue weighted by atomic mass is 19.4. The Hall–Kier alpha value is -1.57. The Morgan fingerprint density at radius 1 is 1.43 bits per heavy atom. The lowest BCUT2D eigenvalue weighted by atomic mass is 9.64. The second-order valence-electron chi connectivity index (χ2n) is 5.69. The smallest absolute Gasteiger partial charge is 0.378 e. The van der Waals surface area contributed by atoms with Crippen molar-refractivity contribution >= 4 is 11.8 Å². The summed E-state index contributed by atoms with van der Waals surface area (Å²) in [6, 6.07) is 0.852. The lowest BCUT2D eigenvalue weighted by Crippen LogP contribution is -2.58. The van der Waals surface area contributed by atoms with Crippen LogP contribution >= 0.6 is 0 Å². The summed E-state index contributed by atoms with van der Waals surface area (Å²) in [4.78, 5) is 7.03. The predicted octanol–water partition coefficient (Wildman–Crippen LogP) is 2.69. The summed E-state index contributed by atoms with van der Waals surface area (Å²) in [7, 11) is 0. The van der Waals surface area contributed by atoms with Gasteiger partial charge in [-0.05, 0) is 13.3 Å². The number of anilines is 2. The number of hydrogen-bond acceptors (Lipinski definition) is 5. The van der Waals surface area contributed by atoms with E-state index in [9.17, 15) is 13.2 Å². The van der Waals surface area contributed by atoms with Crippen molar-refractivity contribution in [2.45, 2.75) is 45.5 Å². The molecule has 8 heteroatoms. The molecule has 3 N–H and O–H groups in total. The molecule has 2 unspecified atom stereocenters. The minimum Gasteiger partial charge on any atom is -0.378 e. The molecule has 0 saturated heterocycles. The molecule has 0 aliphatic heterocycles. The minimum absolute atomic E-state index is 0.0237. The molecule has 1 aliphatic carbocycles. The molecule has 118 valence electrons. The summed E-state index contributed by atoms with van der Waals surface area (Å²) in [5, 5.41) is 3.00. The van der Waals surface area contributed by atoms with Crippen molar-refractivity contribution in [3.63, 3.8) is 0 Å². The van der Waals surface area contributed by atoms with Crippen molar-refractivity contribution in [3.8, 4) is 0 Å². The van der Waals surface area contributed by atoms with Crippen LogP contribution in [0.3, 0.4) is 0 Å². The van der Waals surface area contributed by atoms with Crippen LogP contribution in [0.25, 0.3) is 0 Å². The maximum absolute atomic E-state index is 12.7. The summed E-state index contributed by atoms with van der Waals surface area (Å²) < 4.78 is 43.7. The normalized spacial score (nSPS) is 24.5. The van der Waals surface area contributed by atoms with Crippen LogP contribution in [-0.4, -0.2) is 28.7 Å². The standard InChI is InChI=1S/C13H19F3N4O/c1-4-21-9-5-7(12(9,2)3)18-10-6-8(13(14,15)16)19-11(17)20-10/h6-7,9H,4-5H2,1-3H3,(H3,17,18,19,20). The van der Waals surface area contributed by atoms with E-state index in [0.29, 0.717) is 13.0 Å². The zero-order valence-corrected chi connectivity index (χ0v) is 12.2. The quantitative estimate of drug-likeness (QED) is 0.894. The summed E-state index contributed by atoms with van der Waals surface area (Å²) in [5.41, 5.74) is 4.12. The fourth-order valence-corrected chi connectivity index (χ4v) is 2.48. The molecule has 21 heavy (non-hydrogen) atoms. The Morgan fingerprint density at radius 3 is 2.62 bits per heavy atom. The van der Waals surface area contributed by atoms with Gasteiger partial charge in [0.2, 0.25) is 5.95 Å². The van der Waals surface area contributed by atoms with Gasteiger partial charge in [0.25, 0.3) is 0 Å². The molecule has 0 bridgehead atoms. The van der Waals surface area contributed by atoms with E-state index < -0.39 is 17.8 Å². The second kappa shape index (κ2) is 5.32. The molecule has 1 aliphatic rings. The Morgan fingerprint density at radius 2 is 2.10 bits per heavy atom. The molecule has 0 aromatic carbocycles. The van der Waals surface area contributed by atoms with Gasteiger partial charge in [-0.1, -0.05) is 13.8 Å². The SMILES string of the molecule is CCOC1CC(Nc2cc(C(F)(F)F)nc(N)n2)C1(C)C. The third kappa shape index (κ3) is 3.20. The fraction of sp³-hybridized carbons (Fsp3) is 0.692. The number of ether oxygens (including phenoxy) is 1. The minimum atomic E-state index is -4.55. The maximum Gasteiger partial charge on any atom is 0.433 e. The van der Waals surface area contributed by atoms with Crippen molar-refractivity contribution < 1.29 is 17.9 Å². The molecule has 1 saturated carbocycles. The van der Waals surface area contributed by atoms with E-state index in [0.717, 1.165) is 6.07 Å². The zero-order valence-electron chi connectivity index (χ0n) is 12.2. The lowest BCUT2D eigenvalue weighted by molar-refractivity contribution is -0.141. The van der Waals surface area contributed by atoms with E-state index >= 15 is 0 Å². The molecular weight excluding hydrogens is 285 g/mol. The van der Waals surface area contributed by atoms with Crippen LogP contribution in [-0.2, 0) is 10.9 Å². The van der Waals surface area contributed by atoms with E-state index in [1.165, 1.54) is 0 Å². The van der Waals surface area contributed by atoms with Gasteiger partial charge in [-0.25, -0.2) is 4.98 Å². The van der Waals surface area contributed by atoms with E-state index in [1.807, 2.05) is 20.8 Å². The van der Waals surface area contributed by atoms with Crippen molar-refractivity contribution in [2.24, 2.45) is 5.41 Å². The van der Waals surface area contributed by atoms with Crippen molar-refractivity contribution in [1.29, 1.82) is 0 Å². The van der Waals surface area contributed by atoms with Crippen LogP contribution in [0, 0.1) is 5.41 Å². The third-order valence-electron chi connectivity index (χ3n) is 3.90. The number of nitrogen functional groups attached to an aromatic ring is 1. The number of halogens is 3. The second-order valence-corrected chi connectivity index (χ2v) is 5.69. The van der Waals surface area contributed by atoms with E-state index in [-0.39, 0.29) is 23.4 Å². The van der Waals surface area contributed by atoms with Crippen LogP contribution in [0.15, 0.2) is 6.07 Å². The highest BCUT2D eigenvalue weighted by molar-refractivity contribution is 5.43. The first kappa shape index (κ1) is 15.8. The van der Waals surface area contributed by atoms with E-state index in [4.69, 9.17) is 10.5 Å². The third-order valence-corrected chi connectivity index (χ3v) is 3.90. The first-order chi connectivity index (χ1) is 9.64. The fourth-order valence-electron chi connectivity index (χ4n) is 2.48. The monoisotopic (exact) mass is 304 g/mol. The number of rotatable bonds is 4. The van der Waals surface area contributed by atoms with Gasteiger partial charge in [0.1, 0.15) is 5.82 Å². The highest BCUT2D eigenvalue weighted by Gasteiger charge is 2.49. The molecule has 0 spiro atoms. The molecule has 1 fully saturated rings. The molecule has 2 atom stereocenters. The Labute approximate surface area is 121 Å². The Kier molecular flexibility index (Phi) is 4.01. The van der Waals surface area contributed by atoms with Crippen LogP contribution in [0.2, 0.25) is 0 Å². The molecule has 2 rings (SSSR count). The topological polar surface area (TPSA) is 73.1 Å². The Balaban J connectivity index is 2.13. The molecular formula is C13H19F3N4O. The van der Waals surface area contributed by atoms with Crippen molar-refractivity contribution in [1.82, 2.24) is 9.97 Å². The van der Waals surface area contributed by atoms with E-state index in [1.54, 1.807) is 0 Å². The molecule has 1 aromatic rings. The Bertz CT molecular complexity index is 519. The van der Waals surface area contributed by atoms with Gasteiger partial charge in [-0.2, -0.15) is 18.2 Å². The van der Waals surface area contributed by atoms with Crippen molar-refractivity contribution in [2.75, 3.05) is 17.7 Å². The van der Waals surface area contributed by atoms with Crippen LogP contribution < -0.4 is 11.1 Å². The summed E-state index contributed by atoms with van der Waals surface area (Å²) in [5.74, 6) is -0.311. The van der Waals surface area contributed by atoms with Gasteiger partial charge < -0.3 is 15.8 Å². The average molecular weight is 304 g/mol. The van der Waals surface area contributed by atoms with Crippen LogP contribution in [0.5, 0.6) is 0 Å². The number of nitrogens with two attached hydrogens (primary N) is 1. The molecule has 1 heterocycles. The summed E-state index contributed by atoms with van der Waals surface area (Å²) in [6.07, 6.45) is -3.75. The van der Waals surface area contributed by atoms with Gasteiger partial charge in [0, 0.05) is 24.1 Å². The number of alkyl halides is 3. The summed E-state index contributed by atoms with van der Waals surface area (Å²) >= 11 is 0. The zero-order chi connectivity index (χ0) is 15.8. The first-order valence-electron chi connectivity index (χ1n) is 6.74. The maximum atomic E-state index is 12.7. The molecule has 5 nitrogen and oxygen atoms in total. The molecule has 0 amide bonds. The predicted molar refractivity (Wildman–Crippen MR) is 72.7 cm³/mol. The lowest BCUT2D eigenvalue weighted by Gasteiger charge is -2.51. The highest BCUT2D eigenvalue weighted by Crippen LogP contribution is 2.44. The largest absolute Gasteiger partial charge is 0.433 e. The van der Waals surface area contributed by atoms with Crippen LogP contribution in [0.1, 0.15) is 32.9 Å².